The average molecular weight is 359 g/mol. The van der Waals surface area contributed by atoms with Gasteiger partial charge in [-0.3, -0.25) is 9.78 Å². The number of nitrogens with zero attached hydrogens (tertiary/aromatic N) is 1. The van der Waals surface area contributed by atoms with Crippen molar-refractivity contribution in [1.82, 2.24) is 4.98 Å². The summed E-state index contributed by atoms with van der Waals surface area (Å²) in [5.41, 5.74) is 5.10. The first-order valence-electron chi connectivity index (χ1n) is 9.30. The maximum absolute atomic E-state index is 12.6. The Kier molecular flexibility index (Phi) is 4.71. The second-order valence-corrected chi connectivity index (χ2v) is 7.02. The van der Waals surface area contributed by atoms with Crippen molar-refractivity contribution in [2.75, 3.05) is 6.61 Å². The van der Waals surface area contributed by atoms with Crippen LogP contribution in [-0.4, -0.2) is 23.3 Å². The van der Waals surface area contributed by atoms with E-state index in [1.807, 2.05) is 49.4 Å². The molecule has 4 nitrogen and oxygen atoms in total. The summed E-state index contributed by atoms with van der Waals surface area (Å²) in [6.45, 7) is 1.58. The number of pyridine rings is 1. The highest BCUT2D eigenvalue weighted by Crippen LogP contribution is 2.23. The van der Waals surface area contributed by atoms with Crippen LogP contribution in [0.2, 0.25) is 0 Å². The van der Waals surface area contributed by atoms with Gasteiger partial charge in [0.25, 0.3) is 0 Å². The minimum Gasteiger partial charge on any atom is -0.454 e. The second kappa shape index (κ2) is 7.31. The summed E-state index contributed by atoms with van der Waals surface area (Å²) >= 11 is 0. The lowest BCUT2D eigenvalue weighted by molar-refractivity contribution is 0.0476. The maximum Gasteiger partial charge on any atom is 0.339 e. The molecule has 3 aromatic rings. The Labute approximate surface area is 158 Å². The Balaban J connectivity index is 1.50. The molecule has 0 amide bonds. The van der Waals surface area contributed by atoms with Crippen molar-refractivity contribution in [2.45, 2.75) is 32.6 Å². The lowest BCUT2D eigenvalue weighted by Crippen LogP contribution is -2.15. The Morgan fingerprint density at radius 1 is 1.00 bits per heavy atom. The van der Waals surface area contributed by atoms with Gasteiger partial charge >= 0.3 is 5.97 Å². The highest BCUT2D eigenvalue weighted by atomic mass is 16.5. The second-order valence-electron chi connectivity index (χ2n) is 7.02. The fourth-order valence-corrected chi connectivity index (χ4v) is 3.68. The van der Waals surface area contributed by atoms with Crippen molar-refractivity contribution in [2.24, 2.45) is 0 Å². The van der Waals surface area contributed by atoms with Crippen LogP contribution in [0.3, 0.4) is 0 Å². The number of aryl methyl sites for hydroxylation is 3. The number of carbonyl (C=O) groups excluding carboxylic acids is 2. The zero-order valence-corrected chi connectivity index (χ0v) is 15.3. The van der Waals surface area contributed by atoms with Gasteiger partial charge in [-0.1, -0.05) is 30.3 Å². The van der Waals surface area contributed by atoms with Gasteiger partial charge in [0, 0.05) is 16.6 Å². The van der Waals surface area contributed by atoms with Gasteiger partial charge in [-0.05, 0) is 61.9 Å². The maximum atomic E-state index is 12.6. The number of ketones is 1. The first kappa shape index (κ1) is 17.4. The van der Waals surface area contributed by atoms with Crippen LogP contribution in [0, 0.1) is 6.92 Å². The van der Waals surface area contributed by atoms with Crippen LogP contribution in [0.1, 0.15) is 50.4 Å². The molecule has 0 bridgehead atoms. The Morgan fingerprint density at radius 2 is 1.78 bits per heavy atom. The molecule has 0 fully saturated rings. The quantitative estimate of drug-likeness (QED) is 0.510. The van der Waals surface area contributed by atoms with Crippen LogP contribution in [0.25, 0.3) is 10.9 Å². The Hall–Kier alpha value is -3.01. The molecule has 0 saturated carbocycles. The fraction of sp³-hybridized carbons (Fsp3) is 0.261. The average Bonchev–Trinajstić information content (AvgIpc) is 2.70. The Bertz CT molecular complexity index is 1040. The van der Waals surface area contributed by atoms with E-state index in [0.717, 1.165) is 35.9 Å². The van der Waals surface area contributed by atoms with Gasteiger partial charge in [0.1, 0.15) is 0 Å². The summed E-state index contributed by atoms with van der Waals surface area (Å²) in [5.74, 6) is -0.671. The molecule has 4 rings (SSSR count). The zero-order valence-electron chi connectivity index (χ0n) is 15.3. The van der Waals surface area contributed by atoms with Crippen molar-refractivity contribution in [3.63, 3.8) is 0 Å². The summed E-state index contributed by atoms with van der Waals surface area (Å²) in [7, 11) is 0. The first-order chi connectivity index (χ1) is 13.1. The van der Waals surface area contributed by atoms with E-state index in [1.54, 1.807) is 6.07 Å². The SMILES string of the molecule is Cc1cc(C(=O)OCC(=O)c2ccc3c(c2)CCCC3)c2ccccc2n1. The Morgan fingerprint density at radius 3 is 2.63 bits per heavy atom. The normalized spacial score (nSPS) is 13.2. The zero-order chi connectivity index (χ0) is 18.8. The van der Waals surface area contributed by atoms with Gasteiger partial charge in [-0.15, -0.1) is 0 Å². The van der Waals surface area contributed by atoms with Crippen molar-refractivity contribution in [3.05, 3.63) is 76.5 Å². The van der Waals surface area contributed by atoms with E-state index in [2.05, 4.69) is 4.98 Å². The summed E-state index contributed by atoms with van der Waals surface area (Å²) in [6.07, 6.45) is 4.46. The molecule has 1 aliphatic carbocycles. The van der Waals surface area contributed by atoms with E-state index in [1.165, 1.54) is 17.5 Å². The van der Waals surface area contributed by atoms with Crippen molar-refractivity contribution < 1.29 is 14.3 Å². The van der Waals surface area contributed by atoms with Crippen LogP contribution < -0.4 is 0 Å². The van der Waals surface area contributed by atoms with Crippen molar-refractivity contribution >= 4 is 22.7 Å². The van der Waals surface area contributed by atoms with Crippen LogP contribution >= 0.6 is 0 Å². The molecule has 0 N–H and O–H groups in total. The van der Waals surface area contributed by atoms with Gasteiger partial charge < -0.3 is 4.74 Å². The molecule has 0 spiro atoms. The van der Waals surface area contributed by atoms with Crippen molar-refractivity contribution in [1.29, 1.82) is 0 Å². The highest BCUT2D eigenvalue weighted by molar-refractivity contribution is 6.05. The lowest BCUT2D eigenvalue weighted by Gasteiger charge is -2.16. The molecule has 27 heavy (non-hydrogen) atoms. The minimum absolute atomic E-state index is 0.174. The smallest absolute Gasteiger partial charge is 0.339 e. The van der Waals surface area contributed by atoms with Gasteiger partial charge in [0.05, 0.1) is 11.1 Å². The number of benzene rings is 2. The molecule has 1 aromatic heterocycles. The van der Waals surface area contributed by atoms with Crippen molar-refractivity contribution in [3.8, 4) is 0 Å². The minimum atomic E-state index is -0.497. The number of aromatic nitrogens is 1. The third-order valence-corrected chi connectivity index (χ3v) is 5.07. The molecule has 0 aliphatic heterocycles. The third-order valence-electron chi connectivity index (χ3n) is 5.07. The highest BCUT2D eigenvalue weighted by Gasteiger charge is 2.17. The number of esters is 1. The molecule has 0 unspecified atom stereocenters. The van der Waals surface area contributed by atoms with Crippen LogP contribution in [-0.2, 0) is 17.6 Å². The van der Waals surface area contributed by atoms with E-state index in [-0.39, 0.29) is 12.4 Å². The third kappa shape index (κ3) is 3.61. The van der Waals surface area contributed by atoms with E-state index in [0.29, 0.717) is 11.1 Å². The van der Waals surface area contributed by atoms with E-state index in [9.17, 15) is 9.59 Å². The molecule has 0 atom stereocenters. The van der Waals surface area contributed by atoms with Gasteiger partial charge in [0.15, 0.2) is 12.4 Å². The summed E-state index contributed by atoms with van der Waals surface area (Å²) in [4.78, 5) is 29.5. The number of Topliss-reactive ketones (excluding diaryl/α,β-unsaturated/α-hetero) is 1. The van der Waals surface area contributed by atoms with Crippen LogP contribution in [0.4, 0.5) is 0 Å². The number of rotatable bonds is 4. The molecule has 0 radical (unpaired) electrons. The number of fused-ring (bicyclic) bond motifs is 2. The molecule has 1 heterocycles. The molecule has 136 valence electrons. The number of hydrogen-bond acceptors (Lipinski definition) is 4. The molecule has 4 heteroatoms. The molecular weight excluding hydrogens is 338 g/mol. The van der Waals surface area contributed by atoms with Gasteiger partial charge in [-0.25, -0.2) is 4.79 Å². The molecule has 1 aliphatic rings. The number of ether oxygens (including phenoxy) is 1. The summed E-state index contributed by atoms with van der Waals surface area (Å²) in [5, 5.41) is 0.731. The van der Waals surface area contributed by atoms with Gasteiger partial charge in [0.2, 0.25) is 0 Å². The van der Waals surface area contributed by atoms with E-state index in [4.69, 9.17) is 4.74 Å². The summed E-state index contributed by atoms with van der Waals surface area (Å²) < 4.78 is 5.34. The first-order valence-corrected chi connectivity index (χ1v) is 9.30. The number of para-hydroxylation sites is 1. The molecule has 0 saturated heterocycles. The van der Waals surface area contributed by atoms with Crippen LogP contribution in [0.15, 0.2) is 48.5 Å². The predicted molar refractivity (Wildman–Crippen MR) is 104 cm³/mol. The molecular formula is C23H21NO3. The number of carbonyl (C=O) groups is 2. The number of hydrogen-bond donors (Lipinski definition) is 0. The predicted octanol–water partition coefficient (Wildman–Crippen LogP) is 4.46. The standard InChI is InChI=1S/C23H21NO3/c1-15-12-20(19-8-4-5-9-21(19)24-15)23(26)27-14-22(25)18-11-10-16-6-2-3-7-17(16)13-18/h4-5,8-13H,2-3,6-7,14H2,1H3. The largest absolute Gasteiger partial charge is 0.454 e. The van der Waals surface area contributed by atoms with Crippen LogP contribution in [0.5, 0.6) is 0 Å². The topological polar surface area (TPSA) is 56.3 Å². The molecule has 2 aromatic carbocycles. The van der Waals surface area contributed by atoms with E-state index < -0.39 is 5.97 Å². The lowest BCUT2D eigenvalue weighted by atomic mass is 9.90. The van der Waals surface area contributed by atoms with E-state index >= 15 is 0 Å². The monoisotopic (exact) mass is 359 g/mol. The van der Waals surface area contributed by atoms with Gasteiger partial charge in [-0.2, -0.15) is 0 Å². The fourth-order valence-electron chi connectivity index (χ4n) is 3.68. The summed E-state index contributed by atoms with van der Waals surface area (Å²) in [6, 6.07) is 15.0.